The molecule has 2 N–H and O–H groups in total. The lowest BCUT2D eigenvalue weighted by molar-refractivity contribution is -0.121. The molecule has 29 heavy (non-hydrogen) atoms. The highest BCUT2D eigenvalue weighted by molar-refractivity contribution is 6.00. The van der Waals surface area contributed by atoms with E-state index in [1.165, 1.54) is 0 Å². The van der Waals surface area contributed by atoms with Crippen molar-refractivity contribution < 1.29 is 14.0 Å². The molecule has 0 saturated heterocycles. The maximum absolute atomic E-state index is 12.1. The van der Waals surface area contributed by atoms with Gasteiger partial charge in [0.1, 0.15) is 5.76 Å². The third-order valence-electron chi connectivity index (χ3n) is 4.25. The molecular formula is C23H23N3O3. The lowest BCUT2D eigenvalue weighted by Crippen LogP contribution is -2.26. The second-order valence-electron chi connectivity index (χ2n) is 6.65. The highest BCUT2D eigenvalue weighted by Gasteiger charge is 2.07. The van der Waals surface area contributed by atoms with Crippen molar-refractivity contribution in [3.63, 3.8) is 0 Å². The molecule has 0 spiro atoms. The van der Waals surface area contributed by atoms with Crippen LogP contribution in [-0.4, -0.2) is 17.5 Å². The molecule has 6 nitrogen and oxygen atoms in total. The lowest BCUT2D eigenvalue weighted by atomic mass is 10.0. The van der Waals surface area contributed by atoms with Crippen LogP contribution in [0, 0.1) is 0 Å². The minimum atomic E-state index is -0.229. The van der Waals surface area contributed by atoms with E-state index >= 15 is 0 Å². The van der Waals surface area contributed by atoms with Crippen molar-refractivity contribution in [2.45, 2.75) is 26.3 Å². The summed E-state index contributed by atoms with van der Waals surface area (Å²) < 4.78 is 5.15. The Morgan fingerprint density at radius 1 is 0.897 bits per heavy atom. The SMILES string of the molecule is C/C(CC(=O)NCc1ccco1)=N/NC(=O)Cc1ccc(-c2ccccc2)cc1. The van der Waals surface area contributed by atoms with Crippen LogP contribution in [0.3, 0.4) is 0 Å². The van der Waals surface area contributed by atoms with Gasteiger partial charge < -0.3 is 9.73 Å². The van der Waals surface area contributed by atoms with Gasteiger partial charge in [0.25, 0.3) is 0 Å². The summed E-state index contributed by atoms with van der Waals surface area (Å²) in [4.78, 5) is 24.0. The second-order valence-corrected chi connectivity index (χ2v) is 6.65. The third-order valence-corrected chi connectivity index (χ3v) is 4.25. The molecule has 1 heterocycles. The average Bonchev–Trinajstić information content (AvgIpc) is 3.26. The van der Waals surface area contributed by atoms with Crippen LogP contribution < -0.4 is 10.7 Å². The van der Waals surface area contributed by atoms with E-state index in [9.17, 15) is 9.59 Å². The fourth-order valence-electron chi connectivity index (χ4n) is 2.76. The number of nitrogens with zero attached hydrogens (tertiary/aromatic N) is 1. The molecule has 0 fully saturated rings. The van der Waals surface area contributed by atoms with Crippen molar-refractivity contribution in [1.82, 2.24) is 10.7 Å². The number of carbonyl (C=O) groups excluding carboxylic acids is 2. The smallest absolute Gasteiger partial charge is 0.244 e. The number of carbonyl (C=O) groups is 2. The van der Waals surface area contributed by atoms with Gasteiger partial charge in [0.15, 0.2) is 0 Å². The average molecular weight is 389 g/mol. The first-order valence-electron chi connectivity index (χ1n) is 9.35. The first kappa shape index (κ1) is 20.1. The maximum atomic E-state index is 12.1. The summed E-state index contributed by atoms with van der Waals surface area (Å²) in [5.74, 6) is 0.265. The molecule has 2 aromatic carbocycles. The van der Waals surface area contributed by atoms with E-state index < -0.39 is 0 Å². The van der Waals surface area contributed by atoms with Crippen molar-refractivity contribution in [2.75, 3.05) is 0 Å². The minimum Gasteiger partial charge on any atom is -0.467 e. The van der Waals surface area contributed by atoms with Gasteiger partial charge in [0, 0.05) is 5.71 Å². The van der Waals surface area contributed by atoms with Gasteiger partial charge in [0.2, 0.25) is 11.8 Å². The molecule has 0 aliphatic rings. The first-order valence-corrected chi connectivity index (χ1v) is 9.35. The number of hydrazone groups is 1. The molecule has 3 rings (SSSR count). The fraction of sp³-hybridized carbons (Fsp3) is 0.174. The number of rotatable bonds is 8. The predicted molar refractivity (Wildman–Crippen MR) is 112 cm³/mol. The summed E-state index contributed by atoms with van der Waals surface area (Å²) in [6, 6.07) is 21.5. The summed E-state index contributed by atoms with van der Waals surface area (Å²) in [7, 11) is 0. The standard InChI is InChI=1S/C23H23N3O3/c1-17(14-22(27)24-16-21-8-5-13-29-21)25-26-23(28)15-18-9-11-20(12-10-18)19-6-3-2-4-7-19/h2-13H,14-16H2,1H3,(H,24,27)(H,26,28)/b25-17-. The van der Waals surface area contributed by atoms with Crippen molar-refractivity contribution >= 4 is 17.5 Å². The van der Waals surface area contributed by atoms with Crippen LogP contribution in [0.5, 0.6) is 0 Å². The van der Waals surface area contributed by atoms with Gasteiger partial charge in [-0.15, -0.1) is 0 Å². The molecule has 0 aliphatic heterocycles. The van der Waals surface area contributed by atoms with Crippen molar-refractivity contribution in [1.29, 1.82) is 0 Å². The van der Waals surface area contributed by atoms with E-state index in [0.29, 0.717) is 18.0 Å². The molecule has 0 radical (unpaired) electrons. The van der Waals surface area contributed by atoms with Crippen LogP contribution in [-0.2, 0) is 22.6 Å². The summed E-state index contributed by atoms with van der Waals surface area (Å²) in [5, 5.41) is 6.74. The van der Waals surface area contributed by atoms with Crippen LogP contribution in [0.4, 0.5) is 0 Å². The first-order chi connectivity index (χ1) is 14.1. The molecule has 1 aromatic heterocycles. The van der Waals surface area contributed by atoms with E-state index in [0.717, 1.165) is 16.7 Å². The summed E-state index contributed by atoms with van der Waals surface area (Å²) in [5.41, 5.74) is 6.15. The second kappa shape index (κ2) is 10.0. The monoisotopic (exact) mass is 389 g/mol. The molecule has 0 saturated carbocycles. The molecule has 0 aliphatic carbocycles. The Morgan fingerprint density at radius 2 is 1.62 bits per heavy atom. The number of amides is 2. The van der Waals surface area contributed by atoms with Gasteiger partial charge in [-0.05, 0) is 35.7 Å². The van der Waals surface area contributed by atoms with Crippen LogP contribution in [0.2, 0.25) is 0 Å². The van der Waals surface area contributed by atoms with Crippen molar-refractivity contribution in [3.8, 4) is 11.1 Å². The summed E-state index contributed by atoms with van der Waals surface area (Å²) >= 11 is 0. The zero-order chi connectivity index (χ0) is 20.5. The van der Waals surface area contributed by atoms with E-state index in [2.05, 4.69) is 15.8 Å². The molecule has 0 unspecified atom stereocenters. The topological polar surface area (TPSA) is 83.7 Å². The Labute approximate surface area is 169 Å². The van der Waals surface area contributed by atoms with Crippen LogP contribution >= 0.6 is 0 Å². The summed E-state index contributed by atoms with van der Waals surface area (Å²) in [6.45, 7) is 2.02. The zero-order valence-electron chi connectivity index (χ0n) is 16.2. The molecule has 6 heteroatoms. The van der Waals surface area contributed by atoms with Gasteiger partial charge in [-0.2, -0.15) is 5.10 Å². The number of benzene rings is 2. The van der Waals surface area contributed by atoms with Crippen LogP contribution in [0.15, 0.2) is 82.5 Å². The largest absolute Gasteiger partial charge is 0.467 e. The normalized spacial score (nSPS) is 11.1. The van der Waals surface area contributed by atoms with Gasteiger partial charge in [-0.3, -0.25) is 9.59 Å². The highest BCUT2D eigenvalue weighted by atomic mass is 16.3. The maximum Gasteiger partial charge on any atom is 0.244 e. The molecular weight excluding hydrogens is 366 g/mol. The predicted octanol–water partition coefficient (Wildman–Crippen LogP) is 3.69. The third kappa shape index (κ3) is 6.46. The number of furan rings is 1. The number of hydrogen-bond donors (Lipinski definition) is 2. The van der Waals surface area contributed by atoms with Crippen LogP contribution in [0.25, 0.3) is 11.1 Å². The minimum absolute atomic E-state index is 0.104. The van der Waals surface area contributed by atoms with E-state index in [-0.39, 0.29) is 24.7 Å². The van der Waals surface area contributed by atoms with Gasteiger partial charge >= 0.3 is 0 Å². The van der Waals surface area contributed by atoms with Crippen molar-refractivity contribution in [3.05, 3.63) is 84.3 Å². The molecule has 2 amide bonds. The van der Waals surface area contributed by atoms with E-state index in [1.54, 1.807) is 25.3 Å². The Morgan fingerprint density at radius 3 is 2.31 bits per heavy atom. The van der Waals surface area contributed by atoms with Crippen LogP contribution in [0.1, 0.15) is 24.7 Å². The zero-order valence-corrected chi connectivity index (χ0v) is 16.2. The van der Waals surface area contributed by atoms with Gasteiger partial charge in [-0.1, -0.05) is 54.6 Å². The Balaban J connectivity index is 1.44. The highest BCUT2D eigenvalue weighted by Crippen LogP contribution is 2.19. The number of hydrogen-bond acceptors (Lipinski definition) is 4. The van der Waals surface area contributed by atoms with Gasteiger partial charge in [-0.25, -0.2) is 5.43 Å². The summed E-state index contributed by atoms with van der Waals surface area (Å²) in [6.07, 6.45) is 1.88. The lowest BCUT2D eigenvalue weighted by Gasteiger charge is -2.06. The van der Waals surface area contributed by atoms with E-state index in [1.807, 2.05) is 54.6 Å². The quantitative estimate of drug-likeness (QED) is 0.455. The molecule has 0 atom stereocenters. The Hall–Kier alpha value is -3.67. The van der Waals surface area contributed by atoms with E-state index in [4.69, 9.17) is 4.42 Å². The fourth-order valence-corrected chi connectivity index (χ4v) is 2.76. The Kier molecular flexibility index (Phi) is 6.95. The molecule has 3 aromatic rings. The van der Waals surface area contributed by atoms with Gasteiger partial charge in [0.05, 0.1) is 25.6 Å². The molecule has 148 valence electrons. The number of nitrogens with one attached hydrogen (secondary N) is 2. The molecule has 0 bridgehead atoms. The Bertz CT molecular complexity index is 962. The van der Waals surface area contributed by atoms with Crippen molar-refractivity contribution in [2.24, 2.45) is 5.10 Å².